The molecule has 0 spiro atoms. The molecule has 0 aromatic carbocycles. The third-order valence-electron chi connectivity index (χ3n) is 2.66. The minimum absolute atomic E-state index is 0.169. The van der Waals surface area contributed by atoms with Crippen molar-refractivity contribution in [2.24, 2.45) is 5.73 Å². The monoisotopic (exact) mass is 243 g/mol. The van der Waals surface area contributed by atoms with Gasteiger partial charge in [0, 0.05) is 6.20 Å². The van der Waals surface area contributed by atoms with Gasteiger partial charge in [0.25, 0.3) is 5.91 Å². The number of nitrogens with two attached hydrogens (primary N) is 1. The summed E-state index contributed by atoms with van der Waals surface area (Å²) in [6, 6.07) is 0. The molecule has 1 amide bonds. The quantitative estimate of drug-likeness (QED) is 0.468. The van der Waals surface area contributed by atoms with Crippen molar-refractivity contribution >= 4 is 5.91 Å². The Labute approximate surface area is 96.2 Å². The number of rotatable bonds is 3. The number of aromatic nitrogens is 2. The first-order valence-corrected chi connectivity index (χ1v) is 5.01. The molecule has 4 atom stereocenters. The van der Waals surface area contributed by atoms with Gasteiger partial charge in [-0.25, -0.2) is 4.68 Å². The minimum Gasteiger partial charge on any atom is -0.394 e. The molecule has 8 nitrogen and oxygen atoms in total. The van der Waals surface area contributed by atoms with E-state index in [1.165, 1.54) is 17.1 Å². The largest absolute Gasteiger partial charge is 0.394 e. The predicted octanol–water partition coefficient (Wildman–Crippen LogP) is -2.41. The van der Waals surface area contributed by atoms with E-state index < -0.39 is 37.1 Å². The van der Waals surface area contributed by atoms with Crippen LogP contribution in [0.4, 0.5) is 0 Å². The number of hydrogen-bond donors (Lipinski definition) is 4. The van der Waals surface area contributed by atoms with Gasteiger partial charge in [0.1, 0.15) is 18.3 Å². The van der Waals surface area contributed by atoms with Gasteiger partial charge in [-0.15, -0.1) is 0 Å². The van der Waals surface area contributed by atoms with Gasteiger partial charge in [-0.1, -0.05) is 0 Å². The van der Waals surface area contributed by atoms with Crippen LogP contribution in [0.5, 0.6) is 0 Å². The van der Waals surface area contributed by atoms with E-state index in [2.05, 4.69) is 5.10 Å². The fourth-order valence-electron chi connectivity index (χ4n) is 1.70. The second-order valence-electron chi connectivity index (χ2n) is 3.80. The molecule has 1 aliphatic heterocycles. The molecule has 5 N–H and O–H groups in total. The van der Waals surface area contributed by atoms with Crippen molar-refractivity contribution in [3.05, 3.63) is 18.0 Å². The molecule has 2 unspecified atom stereocenters. The van der Waals surface area contributed by atoms with Crippen LogP contribution in [0.1, 0.15) is 16.6 Å². The molecule has 2 rings (SSSR count). The van der Waals surface area contributed by atoms with Crippen molar-refractivity contribution in [1.82, 2.24) is 9.78 Å². The van der Waals surface area contributed by atoms with E-state index in [9.17, 15) is 15.0 Å². The molecule has 1 fully saturated rings. The summed E-state index contributed by atoms with van der Waals surface area (Å²) < 4.78 is 6.40. The van der Waals surface area contributed by atoms with E-state index in [-0.39, 0.29) is 5.56 Å². The molecule has 1 aliphatic rings. The Hall–Kier alpha value is -1.48. The van der Waals surface area contributed by atoms with E-state index in [1.54, 1.807) is 0 Å². The second kappa shape index (κ2) is 4.41. The Morgan fingerprint density at radius 1 is 1.53 bits per heavy atom. The average molecular weight is 243 g/mol. The SMILES string of the molecule is NC(=O)c1cnn([C@@H]2O[C@H](CO)C(O)C2O)c1. The first kappa shape index (κ1) is 12.0. The smallest absolute Gasteiger partial charge is 0.251 e. The molecule has 8 heteroatoms. The van der Waals surface area contributed by atoms with E-state index in [1.807, 2.05) is 0 Å². The number of hydrogen-bond acceptors (Lipinski definition) is 6. The molecule has 1 aromatic heterocycles. The highest BCUT2D eigenvalue weighted by molar-refractivity contribution is 5.92. The Bertz CT molecular complexity index is 421. The van der Waals surface area contributed by atoms with Gasteiger partial charge in [0.2, 0.25) is 0 Å². The van der Waals surface area contributed by atoms with E-state index in [0.29, 0.717) is 0 Å². The summed E-state index contributed by atoms with van der Waals surface area (Å²) in [5, 5.41) is 32.0. The summed E-state index contributed by atoms with van der Waals surface area (Å²) in [4.78, 5) is 10.9. The highest BCUT2D eigenvalue weighted by Gasteiger charge is 2.43. The zero-order chi connectivity index (χ0) is 12.6. The molecule has 0 bridgehead atoms. The number of aliphatic hydroxyl groups excluding tert-OH is 3. The lowest BCUT2D eigenvalue weighted by atomic mass is 10.1. The van der Waals surface area contributed by atoms with Crippen LogP contribution in [0, 0.1) is 0 Å². The molecule has 1 aromatic rings. The maximum absolute atomic E-state index is 10.9. The number of primary amides is 1. The molecule has 0 radical (unpaired) electrons. The molecule has 94 valence electrons. The van der Waals surface area contributed by atoms with Crippen molar-refractivity contribution in [2.75, 3.05) is 6.61 Å². The van der Waals surface area contributed by atoms with Crippen molar-refractivity contribution in [3.8, 4) is 0 Å². The lowest BCUT2D eigenvalue weighted by Crippen LogP contribution is -2.33. The van der Waals surface area contributed by atoms with Gasteiger partial charge in [-0.05, 0) is 0 Å². The molecule has 0 aliphatic carbocycles. The second-order valence-corrected chi connectivity index (χ2v) is 3.80. The molecule has 1 saturated heterocycles. The Balaban J connectivity index is 2.19. The lowest BCUT2D eigenvalue weighted by molar-refractivity contribution is -0.0586. The van der Waals surface area contributed by atoms with Crippen molar-refractivity contribution in [1.29, 1.82) is 0 Å². The van der Waals surface area contributed by atoms with Gasteiger partial charge in [-0.2, -0.15) is 5.10 Å². The molecule has 2 heterocycles. The lowest BCUT2D eigenvalue weighted by Gasteiger charge is -2.14. The zero-order valence-corrected chi connectivity index (χ0v) is 8.80. The van der Waals surface area contributed by atoms with Gasteiger partial charge < -0.3 is 25.8 Å². The number of amides is 1. The third kappa shape index (κ3) is 2.03. The maximum Gasteiger partial charge on any atom is 0.251 e. The number of carbonyl (C=O) groups excluding carboxylic acids is 1. The summed E-state index contributed by atoms with van der Waals surface area (Å²) >= 11 is 0. The van der Waals surface area contributed by atoms with Crippen LogP contribution in [0.3, 0.4) is 0 Å². The first-order valence-electron chi connectivity index (χ1n) is 5.01. The van der Waals surface area contributed by atoms with Gasteiger partial charge in [0.15, 0.2) is 6.23 Å². The van der Waals surface area contributed by atoms with Gasteiger partial charge >= 0.3 is 0 Å². The molecular formula is C9H13N3O5. The van der Waals surface area contributed by atoms with Crippen molar-refractivity contribution in [3.63, 3.8) is 0 Å². The highest BCUT2D eigenvalue weighted by atomic mass is 16.6. The number of carbonyl (C=O) groups is 1. The van der Waals surface area contributed by atoms with Crippen LogP contribution in [-0.2, 0) is 4.74 Å². The molecule has 0 saturated carbocycles. The van der Waals surface area contributed by atoms with Crippen LogP contribution in [0.2, 0.25) is 0 Å². The normalized spacial score (nSPS) is 32.9. The standard InChI is InChI=1S/C9H13N3O5/c10-8(16)4-1-11-12(2-4)9-7(15)6(14)5(3-13)17-9/h1-2,5-7,9,13-15H,3H2,(H2,10,16)/t5-,6?,7?,9-/m1/s1. The Kier molecular flexibility index (Phi) is 3.11. The average Bonchev–Trinajstić information content (AvgIpc) is 2.87. The summed E-state index contributed by atoms with van der Waals surface area (Å²) in [7, 11) is 0. The van der Waals surface area contributed by atoms with E-state index in [0.717, 1.165) is 0 Å². The number of ether oxygens (including phenoxy) is 1. The summed E-state index contributed by atoms with van der Waals surface area (Å²) in [5.74, 6) is -0.650. The third-order valence-corrected chi connectivity index (χ3v) is 2.66. The fraction of sp³-hybridized carbons (Fsp3) is 0.556. The Morgan fingerprint density at radius 2 is 2.24 bits per heavy atom. The fourth-order valence-corrected chi connectivity index (χ4v) is 1.70. The minimum atomic E-state index is -1.23. The Morgan fingerprint density at radius 3 is 2.71 bits per heavy atom. The van der Waals surface area contributed by atoms with Crippen molar-refractivity contribution < 1.29 is 24.9 Å². The van der Waals surface area contributed by atoms with Crippen LogP contribution in [-0.4, -0.2) is 55.9 Å². The molecular weight excluding hydrogens is 230 g/mol. The summed E-state index contributed by atoms with van der Waals surface area (Å²) in [6.07, 6.45) is -1.72. The zero-order valence-electron chi connectivity index (χ0n) is 8.80. The van der Waals surface area contributed by atoms with Gasteiger partial charge in [0.05, 0.1) is 18.4 Å². The van der Waals surface area contributed by atoms with Crippen LogP contribution >= 0.6 is 0 Å². The molecule has 17 heavy (non-hydrogen) atoms. The van der Waals surface area contributed by atoms with Gasteiger partial charge in [-0.3, -0.25) is 4.79 Å². The maximum atomic E-state index is 10.9. The van der Waals surface area contributed by atoms with Crippen LogP contribution in [0.25, 0.3) is 0 Å². The van der Waals surface area contributed by atoms with Crippen molar-refractivity contribution in [2.45, 2.75) is 24.5 Å². The topological polar surface area (TPSA) is 131 Å². The summed E-state index contributed by atoms with van der Waals surface area (Å²) in [6.45, 7) is -0.418. The van der Waals surface area contributed by atoms with E-state index >= 15 is 0 Å². The van der Waals surface area contributed by atoms with Crippen LogP contribution in [0.15, 0.2) is 12.4 Å². The predicted molar refractivity (Wildman–Crippen MR) is 53.8 cm³/mol. The first-order chi connectivity index (χ1) is 8.04. The highest BCUT2D eigenvalue weighted by Crippen LogP contribution is 2.28. The number of aliphatic hydroxyl groups is 3. The van der Waals surface area contributed by atoms with Crippen LogP contribution < -0.4 is 5.73 Å². The van der Waals surface area contributed by atoms with E-state index in [4.69, 9.17) is 15.6 Å². The number of nitrogens with zero attached hydrogens (tertiary/aromatic N) is 2. The summed E-state index contributed by atoms with van der Waals surface area (Å²) in [5.41, 5.74) is 5.23.